The average molecular weight is 274 g/mol. The fraction of sp³-hybridized carbons (Fsp3) is 0.529. The van der Waals surface area contributed by atoms with Crippen molar-refractivity contribution in [1.29, 1.82) is 0 Å². The number of nitrogens with zero attached hydrogens (tertiary/aromatic N) is 1. The van der Waals surface area contributed by atoms with Crippen molar-refractivity contribution in [3.63, 3.8) is 0 Å². The standard InChI is InChI=1S/C17H26N2O/c1-13(2)20-16-8-6-7-15-14(16)9-11-19(15)12-10-18-17(3,4)5/h6-9,11,13,18H,10,12H2,1-5H3. The number of nitrogens with one attached hydrogen (secondary N) is 1. The van der Waals surface area contributed by atoms with Gasteiger partial charge in [-0.25, -0.2) is 0 Å². The van der Waals surface area contributed by atoms with Crippen LogP contribution in [-0.4, -0.2) is 22.8 Å². The highest BCUT2D eigenvalue weighted by atomic mass is 16.5. The lowest BCUT2D eigenvalue weighted by Crippen LogP contribution is -2.37. The Labute approximate surface area is 121 Å². The summed E-state index contributed by atoms with van der Waals surface area (Å²) in [5, 5.41) is 4.71. The molecule has 0 aliphatic rings. The quantitative estimate of drug-likeness (QED) is 0.897. The second-order valence-corrected chi connectivity index (χ2v) is 6.54. The van der Waals surface area contributed by atoms with E-state index in [4.69, 9.17) is 4.74 Å². The molecule has 1 heterocycles. The number of aromatic nitrogens is 1. The minimum atomic E-state index is 0.162. The van der Waals surface area contributed by atoms with Crippen molar-refractivity contribution in [1.82, 2.24) is 9.88 Å². The van der Waals surface area contributed by atoms with E-state index in [-0.39, 0.29) is 11.6 Å². The Kier molecular flexibility index (Phi) is 4.39. The fourth-order valence-corrected chi connectivity index (χ4v) is 2.30. The van der Waals surface area contributed by atoms with Crippen molar-refractivity contribution in [2.75, 3.05) is 6.54 Å². The first kappa shape index (κ1) is 14.9. The minimum Gasteiger partial charge on any atom is -0.490 e. The zero-order chi connectivity index (χ0) is 14.8. The molecule has 0 amide bonds. The second kappa shape index (κ2) is 5.88. The number of benzene rings is 1. The van der Waals surface area contributed by atoms with Gasteiger partial charge in [0, 0.05) is 30.2 Å². The Bertz CT molecular complexity index is 564. The molecular weight excluding hydrogens is 248 g/mol. The van der Waals surface area contributed by atoms with Gasteiger partial charge >= 0.3 is 0 Å². The molecule has 0 spiro atoms. The molecule has 0 saturated heterocycles. The maximum atomic E-state index is 5.87. The Hall–Kier alpha value is -1.48. The molecule has 3 heteroatoms. The third kappa shape index (κ3) is 3.76. The van der Waals surface area contributed by atoms with Crippen LogP contribution in [0.15, 0.2) is 30.5 Å². The van der Waals surface area contributed by atoms with Crippen LogP contribution in [0.3, 0.4) is 0 Å². The summed E-state index contributed by atoms with van der Waals surface area (Å²) >= 11 is 0. The summed E-state index contributed by atoms with van der Waals surface area (Å²) in [6, 6.07) is 8.40. The maximum Gasteiger partial charge on any atom is 0.129 e. The molecule has 20 heavy (non-hydrogen) atoms. The van der Waals surface area contributed by atoms with Gasteiger partial charge in [-0.1, -0.05) is 6.07 Å². The third-order valence-corrected chi connectivity index (χ3v) is 3.14. The lowest BCUT2D eigenvalue weighted by Gasteiger charge is -2.20. The highest BCUT2D eigenvalue weighted by Crippen LogP contribution is 2.27. The van der Waals surface area contributed by atoms with Crippen LogP contribution in [0.4, 0.5) is 0 Å². The highest BCUT2D eigenvalue weighted by molar-refractivity contribution is 5.86. The third-order valence-electron chi connectivity index (χ3n) is 3.14. The van der Waals surface area contributed by atoms with Gasteiger partial charge in [0.1, 0.15) is 5.75 Å². The largest absolute Gasteiger partial charge is 0.490 e. The molecule has 0 saturated carbocycles. The molecule has 1 N–H and O–H groups in total. The van der Waals surface area contributed by atoms with Gasteiger partial charge in [0.2, 0.25) is 0 Å². The monoisotopic (exact) mass is 274 g/mol. The number of hydrogen-bond acceptors (Lipinski definition) is 2. The van der Waals surface area contributed by atoms with Gasteiger partial charge in [-0.05, 0) is 52.8 Å². The molecule has 0 fully saturated rings. The predicted molar refractivity (Wildman–Crippen MR) is 85.5 cm³/mol. The zero-order valence-corrected chi connectivity index (χ0v) is 13.2. The van der Waals surface area contributed by atoms with E-state index in [1.165, 1.54) is 10.9 Å². The van der Waals surface area contributed by atoms with Gasteiger partial charge in [-0.3, -0.25) is 0 Å². The molecule has 110 valence electrons. The van der Waals surface area contributed by atoms with Gasteiger partial charge in [0.05, 0.1) is 11.6 Å². The first-order valence-electron chi connectivity index (χ1n) is 7.36. The van der Waals surface area contributed by atoms with Crippen LogP contribution in [0.5, 0.6) is 5.75 Å². The maximum absolute atomic E-state index is 5.87. The number of hydrogen-bond donors (Lipinski definition) is 1. The van der Waals surface area contributed by atoms with Crippen LogP contribution in [0, 0.1) is 0 Å². The zero-order valence-electron chi connectivity index (χ0n) is 13.2. The highest BCUT2D eigenvalue weighted by Gasteiger charge is 2.10. The molecule has 1 aromatic carbocycles. The van der Waals surface area contributed by atoms with E-state index in [9.17, 15) is 0 Å². The van der Waals surface area contributed by atoms with Crippen LogP contribution < -0.4 is 10.1 Å². The molecule has 0 radical (unpaired) electrons. The normalized spacial score (nSPS) is 12.3. The van der Waals surface area contributed by atoms with Gasteiger partial charge in [0.25, 0.3) is 0 Å². The molecule has 0 aliphatic heterocycles. The van der Waals surface area contributed by atoms with Crippen LogP contribution >= 0.6 is 0 Å². The van der Waals surface area contributed by atoms with Crippen molar-refractivity contribution < 1.29 is 4.74 Å². The summed E-state index contributed by atoms with van der Waals surface area (Å²) in [5.74, 6) is 0.972. The van der Waals surface area contributed by atoms with E-state index in [1.54, 1.807) is 0 Å². The number of rotatable bonds is 5. The molecule has 3 nitrogen and oxygen atoms in total. The van der Waals surface area contributed by atoms with E-state index in [0.717, 1.165) is 18.8 Å². The molecule has 1 aromatic heterocycles. The summed E-state index contributed by atoms with van der Waals surface area (Å²) in [6.07, 6.45) is 2.34. The Morgan fingerprint density at radius 2 is 1.95 bits per heavy atom. The van der Waals surface area contributed by atoms with Crippen molar-refractivity contribution in [2.24, 2.45) is 0 Å². The molecule has 0 bridgehead atoms. The summed E-state index contributed by atoms with van der Waals surface area (Å²) in [7, 11) is 0. The van der Waals surface area contributed by atoms with Crippen molar-refractivity contribution in [2.45, 2.75) is 52.8 Å². The molecule has 0 aliphatic carbocycles. The molecule has 0 atom stereocenters. The first-order valence-corrected chi connectivity index (χ1v) is 7.36. The first-order chi connectivity index (χ1) is 9.37. The van der Waals surface area contributed by atoms with Crippen LogP contribution in [0.2, 0.25) is 0 Å². The lowest BCUT2D eigenvalue weighted by atomic mass is 10.1. The van der Waals surface area contributed by atoms with E-state index in [1.807, 2.05) is 6.07 Å². The summed E-state index contributed by atoms with van der Waals surface area (Å²) in [5.41, 5.74) is 1.40. The Balaban J connectivity index is 2.16. The van der Waals surface area contributed by atoms with Crippen LogP contribution in [0.1, 0.15) is 34.6 Å². The smallest absolute Gasteiger partial charge is 0.129 e. The summed E-state index contributed by atoms with van der Waals surface area (Å²) in [6.45, 7) is 12.6. The molecular formula is C17H26N2O. The Morgan fingerprint density at radius 3 is 2.60 bits per heavy atom. The van der Waals surface area contributed by atoms with Crippen molar-refractivity contribution in [3.8, 4) is 5.75 Å². The van der Waals surface area contributed by atoms with Crippen molar-refractivity contribution >= 4 is 10.9 Å². The molecule has 0 unspecified atom stereocenters. The average Bonchev–Trinajstić information content (AvgIpc) is 2.71. The minimum absolute atomic E-state index is 0.162. The topological polar surface area (TPSA) is 26.2 Å². The van der Waals surface area contributed by atoms with Gasteiger partial charge < -0.3 is 14.6 Å². The SMILES string of the molecule is CC(C)Oc1cccc2c1ccn2CCNC(C)(C)C. The van der Waals surface area contributed by atoms with Crippen LogP contribution in [0.25, 0.3) is 10.9 Å². The van der Waals surface area contributed by atoms with E-state index in [2.05, 4.69) is 68.9 Å². The van der Waals surface area contributed by atoms with E-state index >= 15 is 0 Å². The number of ether oxygens (including phenoxy) is 1. The van der Waals surface area contributed by atoms with Gasteiger partial charge in [-0.15, -0.1) is 0 Å². The summed E-state index contributed by atoms with van der Waals surface area (Å²) in [4.78, 5) is 0. The van der Waals surface area contributed by atoms with E-state index < -0.39 is 0 Å². The van der Waals surface area contributed by atoms with Gasteiger partial charge in [0.15, 0.2) is 0 Å². The molecule has 2 aromatic rings. The van der Waals surface area contributed by atoms with E-state index in [0.29, 0.717) is 0 Å². The van der Waals surface area contributed by atoms with Crippen LogP contribution in [-0.2, 0) is 6.54 Å². The second-order valence-electron chi connectivity index (χ2n) is 6.54. The summed E-state index contributed by atoms with van der Waals surface area (Å²) < 4.78 is 8.15. The number of fused-ring (bicyclic) bond motifs is 1. The van der Waals surface area contributed by atoms with Gasteiger partial charge in [-0.2, -0.15) is 0 Å². The fourth-order valence-electron chi connectivity index (χ4n) is 2.30. The predicted octanol–water partition coefficient (Wildman–Crippen LogP) is 3.82. The lowest BCUT2D eigenvalue weighted by molar-refractivity contribution is 0.245. The molecule has 2 rings (SSSR count). The Morgan fingerprint density at radius 1 is 1.20 bits per heavy atom. The van der Waals surface area contributed by atoms with Crippen molar-refractivity contribution in [3.05, 3.63) is 30.5 Å².